The third-order valence-electron chi connectivity index (χ3n) is 3.96. The number of likely N-dealkylation sites (tertiary alicyclic amines) is 1. The highest BCUT2D eigenvalue weighted by Gasteiger charge is 2.31. The number of hydrogen-bond donors (Lipinski definition) is 2. The lowest BCUT2D eigenvalue weighted by Gasteiger charge is -2.35. The third kappa shape index (κ3) is 4.08. The van der Waals surface area contributed by atoms with Gasteiger partial charge >= 0.3 is 0 Å². The second-order valence-corrected chi connectivity index (χ2v) is 5.24. The van der Waals surface area contributed by atoms with Crippen LogP contribution in [-0.2, 0) is 9.59 Å². The molecule has 0 aromatic heterocycles. The van der Waals surface area contributed by atoms with Crippen molar-refractivity contribution < 1.29 is 9.59 Å². The Kier molecular flexibility index (Phi) is 6.58. The summed E-state index contributed by atoms with van der Waals surface area (Å²) < 4.78 is 0. The Labute approximate surface area is 120 Å². The standard InChI is InChI=1S/C13H23N3O2.ClH/c1-14-12(17)10-5-4-8-16(9-10)13(18)11-6-2-3-7-15-11;/h10-11,15H,2-9H2,1H3,(H,14,17);1H/t10?,11-;/m0./s1. The van der Waals surface area contributed by atoms with Crippen LogP contribution in [0.1, 0.15) is 32.1 Å². The number of carbonyl (C=O) groups excluding carboxylic acids is 2. The lowest BCUT2D eigenvalue weighted by molar-refractivity contribution is -0.137. The van der Waals surface area contributed by atoms with Crippen molar-refractivity contribution in [2.45, 2.75) is 38.1 Å². The first-order valence-corrected chi connectivity index (χ1v) is 6.96. The van der Waals surface area contributed by atoms with Crippen molar-refractivity contribution in [2.75, 3.05) is 26.7 Å². The summed E-state index contributed by atoms with van der Waals surface area (Å²) >= 11 is 0. The fourth-order valence-corrected chi connectivity index (χ4v) is 2.88. The Morgan fingerprint density at radius 3 is 2.63 bits per heavy atom. The summed E-state index contributed by atoms with van der Waals surface area (Å²) in [7, 11) is 1.66. The van der Waals surface area contributed by atoms with Gasteiger partial charge < -0.3 is 15.5 Å². The van der Waals surface area contributed by atoms with Crippen LogP contribution in [-0.4, -0.2) is 49.4 Å². The van der Waals surface area contributed by atoms with Crippen LogP contribution in [0.4, 0.5) is 0 Å². The van der Waals surface area contributed by atoms with Crippen LogP contribution in [0, 0.1) is 5.92 Å². The Bertz CT molecular complexity index is 319. The fraction of sp³-hybridized carbons (Fsp3) is 0.846. The summed E-state index contributed by atoms with van der Waals surface area (Å²) in [6.07, 6.45) is 5.03. The molecule has 2 aliphatic rings. The Morgan fingerprint density at radius 2 is 2.00 bits per heavy atom. The van der Waals surface area contributed by atoms with Crippen molar-refractivity contribution in [1.82, 2.24) is 15.5 Å². The highest BCUT2D eigenvalue weighted by Crippen LogP contribution is 2.19. The van der Waals surface area contributed by atoms with E-state index in [4.69, 9.17) is 0 Å². The summed E-state index contributed by atoms with van der Waals surface area (Å²) in [5, 5.41) is 5.96. The molecule has 0 aromatic rings. The average Bonchev–Trinajstić information content (AvgIpc) is 2.46. The third-order valence-corrected chi connectivity index (χ3v) is 3.96. The molecule has 2 amide bonds. The molecule has 0 bridgehead atoms. The van der Waals surface area contributed by atoms with Gasteiger partial charge in [0.1, 0.15) is 0 Å². The number of carbonyl (C=O) groups is 2. The minimum atomic E-state index is -0.0312. The highest BCUT2D eigenvalue weighted by molar-refractivity contribution is 5.85. The number of hydrogen-bond acceptors (Lipinski definition) is 3. The maximum atomic E-state index is 12.3. The summed E-state index contributed by atoms with van der Waals surface area (Å²) in [5.74, 6) is 0.212. The van der Waals surface area contributed by atoms with Gasteiger partial charge in [0.2, 0.25) is 11.8 Å². The fourth-order valence-electron chi connectivity index (χ4n) is 2.88. The molecule has 0 spiro atoms. The molecule has 6 heteroatoms. The van der Waals surface area contributed by atoms with E-state index in [1.165, 1.54) is 0 Å². The summed E-state index contributed by atoms with van der Waals surface area (Å²) in [6.45, 7) is 2.31. The second-order valence-electron chi connectivity index (χ2n) is 5.24. The van der Waals surface area contributed by atoms with E-state index in [1.54, 1.807) is 7.05 Å². The van der Waals surface area contributed by atoms with Crippen molar-refractivity contribution in [3.8, 4) is 0 Å². The molecule has 0 aliphatic carbocycles. The van der Waals surface area contributed by atoms with E-state index < -0.39 is 0 Å². The van der Waals surface area contributed by atoms with Crippen molar-refractivity contribution in [3.05, 3.63) is 0 Å². The van der Waals surface area contributed by atoms with Crippen molar-refractivity contribution >= 4 is 24.2 Å². The number of amides is 2. The van der Waals surface area contributed by atoms with E-state index in [2.05, 4.69) is 10.6 Å². The molecule has 2 atom stereocenters. The van der Waals surface area contributed by atoms with Gasteiger partial charge in [-0.25, -0.2) is 0 Å². The lowest BCUT2D eigenvalue weighted by Crippen LogP contribution is -2.52. The SMILES string of the molecule is CNC(=O)C1CCCN(C(=O)[C@@H]2CCCCN2)C1.Cl. The van der Waals surface area contributed by atoms with Crippen LogP contribution in [0.3, 0.4) is 0 Å². The van der Waals surface area contributed by atoms with Gasteiger partial charge in [0.05, 0.1) is 12.0 Å². The van der Waals surface area contributed by atoms with Crippen LogP contribution >= 0.6 is 12.4 Å². The molecule has 0 saturated carbocycles. The Balaban J connectivity index is 0.00000180. The van der Waals surface area contributed by atoms with Gasteiger partial charge in [0.15, 0.2) is 0 Å². The van der Waals surface area contributed by atoms with Gasteiger partial charge in [-0.3, -0.25) is 9.59 Å². The average molecular weight is 290 g/mol. The zero-order chi connectivity index (χ0) is 13.0. The normalized spacial score (nSPS) is 27.3. The number of halogens is 1. The van der Waals surface area contributed by atoms with E-state index in [-0.39, 0.29) is 36.2 Å². The molecular formula is C13H24ClN3O2. The first-order chi connectivity index (χ1) is 8.72. The molecule has 19 heavy (non-hydrogen) atoms. The minimum Gasteiger partial charge on any atom is -0.359 e. The Hall–Kier alpha value is -0.810. The van der Waals surface area contributed by atoms with Crippen LogP contribution in [0.15, 0.2) is 0 Å². The first kappa shape index (κ1) is 16.2. The van der Waals surface area contributed by atoms with Crippen LogP contribution in [0.2, 0.25) is 0 Å². The molecule has 2 fully saturated rings. The van der Waals surface area contributed by atoms with Gasteiger partial charge in [-0.05, 0) is 32.2 Å². The van der Waals surface area contributed by atoms with Crippen molar-refractivity contribution in [1.29, 1.82) is 0 Å². The zero-order valence-electron chi connectivity index (χ0n) is 11.5. The molecule has 5 nitrogen and oxygen atoms in total. The molecule has 110 valence electrons. The summed E-state index contributed by atoms with van der Waals surface area (Å²) in [5.41, 5.74) is 0. The van der Waals surface area contributed by atoms with Crippen LogP contribution in [0.25, 0.3) is 0 Å². The maximum Gasteiger partial charge on any atom is 0.239 e. The van der Waals surface area contributed by atoms with Crippen LogP contribution < -0.4 is 10.6 Å². The zero-order valence-corrected chi connectivity index (χ0v) is 12.3. The van der Waals surface area contributed by atoms with Gasteiger partial charge in [-0.2, -0.15) is 0 Å². The molecule has 2 aliphatic heterocycles. The number of piperidine rings is 2. The quantitative estimate of drug-likeness (QED) is 0.780. The molecule has 2 rings (SSSR count). The predicted octanol–water partition coefficient (Wildman–Crippen LogP) is 0.535. The minimum absolute atomic E-state index is 0. The molecular weight excluding hydrogens is 266 g/mol. The van der Waals surface area contributed by atoms with E-state index in [0.717, 1.165) is 45.2 Å². The summed E-state index contributed by atoms with van der Waals surface area (Å²) in [4.78, 5) is 25.9. The molecule has 1 unspecified atom stereocenters. The Morgan fingerprint density at radius 1 is 1.21 bits per heavy atom. The lowest BCUT2D eigenvalue weighted by atomic mass is 9.95. The molecule has 2 saturated heterocycles. The smallest absolute Gasteiger partial charge is 0.239 e. The maximum absolute atomic E-state index is 12.3. The van der Waals surface area contributed by atoms with Gasteiger partial charge in [0.25, 0.3) is 0 Å². The first-order valence-electron chi connectivity index (χ1n) is 6.96. The van der Waals surface area contributed by atoms with E-state index in [0.29, 0.717) is 6.54 Å². The highest BCUT2D eigenvalue weighted by atomic mass is 35.5. The van der Waals surface area contributed by atoms with Gasteiger partial charge in [-0.15, -0.1) is 12.4 Å². The topological polar surface area (TPSA) is 61.4 Å². The number of nitrogens with one attached hydrogen (secondary N) is 2. The number of rotatable bonds is 2. The van der Waals surface area contributed by atoms with Crippen LogP contribution in [0.5, 0.6) is 0 Å². The largest absolute Gasteiger partial charge is 0.359 e. The second kappa shape index (κ2) is 7.70. The molecule has 2 N–H and O–H groups in total. The van der Waals surface area contributed by atoms with E-state index >= 15 is 0 Å². The predicted molar refractivity (Wildman–Crippen MR) is 76.3 cm³/mol. The van der Waals surface area contributed by atoms with Crippen molar-refractivity contribution in [3.63, 3.8) is 0 Å². The van der Waals surface area contributed by atoms with Gasteiger partial charge in [-0.1, -0.05) is 6.42 Å². The summed E-state index contributed by atoms with van der Waals surface area (Å²) in [6, 6.07) is -0.0258. The van der Waals surface area contributed by atoms with Crippen molar-refractivity contribution in [2.24, 2.45) is 5.92 Å². The molecule has 0 aromatic carbocycles. The van der Waals surface area contributed by atoms with E-state index in [9.17, 15) is 9.59 Å². The monoisotopic (exact) mass is 289 g/mol. The molecule has 0 radical (unpaired) electrons. The van der Waals surface area contributed by atoms with Gasteiger partial charge in [0, 0.05) is 20.1 Å². The van der Waals surface area contributed by atoms with E-state index in [1.807, 2.05) is 4.90 Å². The number of nitrogens with zero attached hydrogens (tertiary/aromatic N) is 1. The molecule has 2 heterocycles.